The van der Waals surface area contributed by atoms with Crippen LogP contribution in [0, 0.1) is 17.7 Å². The number of rotatable bonds is 4. The van der Waals surface area contributed by atoms with E-state index in [2.05, 4.69) is 6.92 Å². The third-order valence-electron chi connectivity index (χ3n) is 4.01. The molecule has 1 amide bonds. The van der Waals surface area contributed by atoms with Gasteiger partial charge < -0.3 is 15.4 Å². The van der Waals surface area contributed by atoms with Gasteiger partial charge >= 0.3 is 0 Å². The van der Waals surface area contributed by atoms with Gasteiger partial charge in [0.05, 0.1) is 5.02 Å². The highest BCUT2D eigenvalue weighted by Gasteiger charge is 2.28. The molecule has 116 valence electrons. The Morgan fingerprint density at radius 3 is 3.00 bits per heavy atom. The molecule has 6 heteroatoms. The van der Waals surface area contributed by atoms with E-state index in [4.69, 9.17) is 22.1 Å². The number of carbonyl (C=O) groups excluding carboxylic acids is 1. The van der Waals surface area contributed by atoms with Crippen molar-refractivity contribution in [2.45, 2.75) is 13.3 Å². The largest absolute Gasteiger partial charge is 0.482 e. The molecule has 0 aromatic heterocycles. The number of amides is 1. The van der Waals surface area contributed by atoms with Crippen molar-refractivity contribution in [1.29, 1.82) is 0 Å². The first-order valence-corrected chi connectivity index (χ1v) is 7.44. The van der Waals surface area contributed by atoms with Crippen molar-refractivity contribution in [3.05, 3.63) is 29.0 Å². The van der Waals surface area contributed by atoms with Gasteiger partial charge in [-0.15, -0.1) is 0 Å². The van der Waals surface area contributed by atoms with Crippen LogP contribution >= 0.6 is 11.6 Å². The molecular weight excluding hydrogens is 295 g/mol. The van der Waals surface area contributed by atoms with Gasteiger partial charge in [-0.1, -0.05) is 18.5 Å². The monoisotopic (exact) mass is 314 g/mol. The summed E-state index contributed by atoms with van der Waals surface area (Å²) < 4.78 is 18.3. The number of piperidine rings is 1. The molecule has 0 saturated carbocycles. The molecule has 1 heterocycles. The van der Waals surface area contributed by atoms with Crippen LogP contribution in [0.5, 0.6) is 5.75 Å². The Kier molecular flexibility index (Phi) is 5.42. The number of hydrogen-bond donors (Lipinski definition) is 1. The topological polar surface area (TPSA) is 55.6 Å². The fourth-order valence-electron chi connectivity index (χ4n) is 2.51. The second-order valence-electron chi connectivity index (χ2n) is 5.46. The van der Waals surface area contributed by atoms with Crippen LogP contribution in [-0.2, 0) is 4.79 Å². The average molecular weight is 315 g/mol. The Morgan fingerprint density at radius 1 is 1.57 bits per heavy atom. The van der Waals surface area contributed by atoms with Gasteiger partial charge in [-0.2, -0.15) is 0 Å². The number of nitrogens with zero attached hydrogens (tertiary/aromatic N) is 1. The first-order chi connectivity index (χ1) is 10.0. The predicted molar refractivity (Wildman–Crippen MR) is 79.8 cm³/mol. The summed E-state index contributed by atoms with van der Waals surface area (Å²) in [4.78, 5) is 13.9. The standard InChI is InChI=1S/C15H20ClFN2O2/c1-10-4-5-19(8-11(10)7-18)15(20)9-21-14-3-2-12(17)6-13(14)16/h2-3,6,10-11H,4-5,7-9,18H2,1H3. The van der Waals surface area contributed by atoms with Crippen LogP contribution in [0.3, 0.4) is 0 Å². The molecule has 0 spiro atoms. The zero-order valence-electron chi connectivity index (χ0n) is 12.0. The Bertz CT molecular complexity index is 512. The fourth-order valence-corrected chi connectivity index (χ4v) is 2.73. The molecule has 4 nitrogen and oxygen atoms in total. The van der Waals surface area contributed by atoms with E-state index in [1.54, 1.807) is 4.90 Å². The van der Waals surface area contributed by atoms with E-state index < -0.39 is 5.82 Å². The van der Waals surface area contributed by atoms with Gasteiger partial charge in [-0.25, -0.2) is 4.39 Å². The van der Waals surface area contributed by atoms with Crippen LogP contribution < -0.4 is 10.5 Å². The van der Waals surface area contributed by atoms with Crippen molar-refractivity contribution in [3.63, 3.8) is 0 Å². The van der Waals surface area contributed by atoms with Crippen LogP contribution in [0.2, 0.25) is 5.02 Å². The third kappa shape index (κ3) is 4.08. The molecule has 1 aromatic rings. The minimum atomic E-state index is -0.436. The number of ether oxygens (including phenoxy) is 1. The molecule has 1 fully saturated rings. The molecule has 1 aromatic carbocycles. The normalized spacial score (nSPS) is 22.2. The summed E-state index contributed by atoms with van der Waals surface area (Å²) in [6.45, 7) is 4.02. The van der Waals surface area contributed by atoms with Crippen molar-refractivity contribution < 1.29 is 13.9 Å². The Balaban J connectivity index is 1.90. The summed E-state index contributed by atoms with van der Waals surface area (Å²) >= 11 is 5.86. The van der Waals surface area contributed by atoms with Crippen LogP contribution in [0.25, 0.3) is 0 Å². The highest BCUT2D eigenvalue weighted by Crippen LogP contribution is 2.25. The molecule has 1 saturated heterocycles. The molecule has 2 unspecified atom stereocenters. The SMILES string of the molecule is CC1CCN(C(=O)COc2ccc(F)cc2Cl)CC1CN. The van der Waals surface area contributed by atoms with Crippen molar-refractivity contribution in [2.75, 3.05) is 26.2 Å². The van der Waals surface area contributed by atoms with Gasteiger partial charge in [0.25, 0.3) is 5.91 Å². The molecule has 2 rings (SSSR count). The summed E-state index contributed by atoms with van der Waals surface area (Å²) in [5.74, 6) is 0.644. The maximum Gasteiger partial charge on any atom is 0.260 e. The average Bonchev–Trinajstić information content (AvgIpc) is 2.46. The van der Waals surface area contributed by atoms with Crippen LogP contribution in [0.1, 0.15) is 13.3 Å². The molecule has 1 aliphatic rings. The molecule has 2 N–H and O–H groups in total. The molecule has 2 atom stereocenters. The number of nitrogens with two attached hydrogens (primary N) is 1. The van der Waals surface area contributed by atoms with Gasteiger partial charge in [-0.3, -0.25) is 4.79 Å². The first-order valence-electron chi connectivity index (χ1n) is 7.07. The van der Waals surface area contributed by atoms with E-state index in [0.717, 1.165) is 19.0 Å². The third-order valence-corrected chi connectivity index (χ3v) is 4.31. The van der Waals surface area contributed by atoms with E-state index in [0.29, 0.717) is 30.7 Å². The smallest absolute Gasteiger partial charge is 0.260 e. The zero-order chi connectivity index (χ0) is 15.4. The maximum absolute atomic E-state index is 12.9. The Hall–Kier alpha value is -1.33. The number of halogens is 2. The van der Waals surface area contributed by atoms with Gasteiger partial charge in [-0.05, 0) is 43.0 Å². The van der Waals surface area contributed by atoms with Crippen LogP contribution in [-0.4, -0.2) is 37.0 Å². The van der Waals surface area contributed by atoms with Gasteiger partial charge in [0.2, 0.25) is 0 Å². The first kappa shape index (κ1) is 16.0. The summed E-state index contributed by atoms with van der Waals surface area (Å²) in [6.07, 6.45) is 0.949. The molecule has 0 aliphatic carbocycles. The number of benzene rings is 1. The summed E-state index contributed by atoms with van der Waals surface area (Å²) in [7, 11) is 0. The van der Waals surface area contributed by atoms with Gasteiger partial charge in [0.15, 0.2) is 6.61 Å². The minimum absolute atomic E-state index is 0.0965. The van der Waals surface area contributed by atoms with Gasteiger partial charge in [0.1, 0.15) is 11.6 Å². The fraction of sp³-hybridized carbons (Fsp3) is 0.533. The van der Waals surface area contributed by atoms with Crippen LogP contribution in [0.4, 0.5) is 4.39 Å². The predicted octanol–water partition coefficient (Wildman–Crippen LogP) is 2.30. The molecule has 21 heavy (non-hydrogen) atoms. The second kappa shape index (κ2) is 7.09. The van der Waals surface area contributed by atoms with E-state index in [1.165, 1.54) is 12.1 Å². The number of carbonyl (C=O) groups is 1. The summed E-state index contributed by atoms with van der Waals surface area (Å²) in [5.41, 5.74) is 5.73. The summed E-state index contributed by atoms with van der Waals surface area (Å²) in [5, 5.41) is 0.162. The minimum Gasteiger partial charge on any atom is -0.482 e. The lowest BCUT2D eigenvalue weighted by Crippen LogP contribution is -2.47. The van der Waals surface area contributed by atoms with Crippen molar-refractivity contribution >= 4 is 17.5 Å². The highest BCUT2D eigenvalue weighted by molar-refractivity contribution is 6.32. The lowest BCUT2D eigenvalue weighted by atomic mass is 9.87. The van der Waals surface area contributed by atoms with Crippen molar-refractivity contribution in [1.82, 2.24) is 4.90 Å². The molecule has 1 aliphatic heterocycles. The van der Waals surface area contributed by atoms with Crippen molar-refractivity contribution in [2.24, 2.45) is 17.6 Å². The van der Waals surface area contributed by atoms with E-state index >= 15 is 0 Å². The molecule has 0 radical (unpaired) electrons. The van der Waals surface area contributed by atoms with E-state index in [1.807, 2.05) is 0 Å². The lowest BCUT2D eigenvalue weighted by molar-refractivity contribution is -0.135. The number of likely N-dealkylation sites (tertiary alicyclic amines) is 1. The second-order valence-corrected chi connectivity index (χ2v) is 5.87. The van der Waals surface area contributed by atoms with E-state index in [-0.39, 0.29) is 17.5 Å². The van der Waals surface area contributed by atoms with E-state index in [9.17, 15) is 9.18 Å². The molecular formula is C15H20ClFN2O2. The molecule has 0 bridgehead atoms. The lowest BCUT2D eigenvalue weighted by Gasteiger charge is -2.36. The van der Waals surface area contributed by atoms with Crippen molar-refractivity contribution in [3.8, 4) is 5.75 Å². The summed E-state index contributed by atoms with van der Waals surface area (Å²) in [6, 6.07) is 3.83. The highest BCUT2D eigenvalue weighted by atomic mass is 35.5. The Labute approximate surface area is 129 Å². The quantitative estimate of drug-likeness (QED) is 0.928. The number of hydrogen-bond acceptors (Lipinski definition) is 3. The van der Waals surface area contributed by atoms with Crippen LogP contribution in [0.15, 0.2) is 18.2 Å². The Morgan fingerprint density at radius 2 is 2.33 bits per heavy atom. The van der Waals surface area contributed by atoms with Gasteiger partial charge in [0, 0.05) is 13.1 Å². The zero-order valence-corrected chi connectivity index (χ0v) is 12.8. The maximum atomic E-state index is 12.9.